The lowest BCUT2D eigenvalue weighted by molar-refractivity contribution is -0.0650. The van der Waals surface area contributed by atoms with Gasteiger partial charge in [-0.15, -0.1) is 0 Å². The molecule has 1 aromatic heterocycles. The number of hydrogen-bond acceptors (Lipinski definition) is 4. The molecule has 1 aromatic rings. The Morgan fingerprint density at radius 3 is 2.93 bits per heavy atom. The first kappa shape index (κ1) is 10.4. The van der Waals surface area contributed by atoms with Crippen LogP contribution < -0.4 is 0 Å². The van der Waals surface area contributed by atoms with Gasteiger partial charge in [-0.2, -0.15) is 0 Å². The van der Waals surface area contributed by atoms with E-state index in [0.29, 0.717) is 6.61 Å². The molecule has 2 heterocycles. The van der Waals surface area contributed by atoms with Crippen LogP contribution in [0.5, 0.6) is 5.75 Å². The highest BCUT2D eigenvalue weighted by Crippen LogP contribution is 2.39. The van der Waals surface area contributed by atoms with E-state index in [1.807, 2.05) is 6.92 Å². The monoisotopic (exact) mass is 209 g/mol. The third-order valence-corrected chi connectivity index (χ3v) is 3.07. The summed E-state index contributed by atoms with van der Waals surface area (Å²) < 4.78 is 11.1. The molecule has 4 heteroatoms. The van der Waals surface area contributed by atoms with Crippen molar-refractivity contribution in [3.63, 3.8) is 0 Å². The van der Waals surface area contributed by atoms with E-state index in [1.165, 1.54) is 6.20 Å². The number of rotatable bonds is 2. The fourth-order valence-electron chi connectivity index (χ4n) is 2.15. The normalized spacial score (nSPS) is 30.7. The van der Waals surface area contributed by atoms with Crippen molar-refractivity contribution in [1.82, 2.24) is 4.98 Å². The maximum Gasteiger partial charge on any atom is 0.134 e. The van der Waals surface area contributed by atoms with Gasteiger partial charge in [-0.3, -0.25) is 4.98 Å². The third kappa shape index (κ3) is 1.60. The largest absolute Gasteiger partial charge is 0.506 e. The highest BCUT2D eigenvalue weighted by Gasteiger charge is 2.43. The van der Waals surface area contributed by atoms with Crippen molar-refractivity contribution in [3.05, 3.63) is 24.0 Å². The number of aromatic nitrogens is 1. The quantitative estimate of drug-likeness (QED) is 0.800. The first-order valence-corrected chi connectivity index (χ1v) is 5.00. The van der Waals surface area contributed by atoms with Crippen LogP contribution in [0.3, 0.4) is 0 Å². The first-order valence-electron chi connectivity index (χ1n) is 5.00. The molecule has 0 amide bonds. The predicted molar refractivity (Wildman–Crippen MR) is 54.6 cm³/mol. The third-order valence-electron chi connectivity index (χ3n) is 3.07. The molecule has 15 heavy (non-hydrogen) atoms. The Hall–Kier alpha value is -1.13. The van der Waals surface area contributed by atoms with Crippen LogP contribution >= 0.6 is 0 Å². The average molecular weight is 209 g/mol. The van der Waals surface area contributed by atoms with E-state index in [-0.39, 0.29) is 11.9 Å². The first-order chi connectivity index (χ1) is 7.19. The van der Waals surface area contributed by atoms with Crippen molar-refractivity contribution < 1.29 is 14.6 Å². The summed E-state index contributed by atoms with van der Waals surface area (Å²) >= 11 is 0. The van der Waals surface area contributed by atoms with Gasteiger partial charge in [0.1, 0.15) is 11.4 Å². The average Bonchev–Trinajstić information content (AvgIpc) is 2.61. The Kier molecular flexibility index (Phi) is 2.63. The van der Waals surface area contributed by atoms with Gasteiger partial charge >= 0.3 is 0 Å². The maximum atomic E-state index is 9.41. The molecule has 0 bridgehead atoms. The van der Waals surface area contributed by atoms with Gasteiger partial charge in [0.05, 0.1) is 18.9 Å². The van der Waals surface area contributed by atoms with Crippen LogP contribution in [0, 0.1) is 0 Å². The van der Waals surface area contributed by atoms with Crippen LogP contribution in [0.1, 0.15) is 18.9 Å². The molecule has 1 aliphatic heterocycles. The molecule has 1 fully saturated rings. The van der Waals surface area contributed by atoms with Gasteiger partial charge in [0.15, 0.2) is 0 Å². The van der Waals surface area contributed by atoms with Gasteiger partial charge in [-0.1, -0.05) is 0 Å². The Morgan fingerprint density at radius 1 is 1.60 bits per heavy atom. The van der Waals surface area contributed by atoms with Crippen LogP contribution in [-0.2, 0) is 15.1 Å². The predicted octanol–water partition coefficient (Wildman–Crippen LogP) is 1.44. The van der Waals surface area contributed by atoms with Crippen molar-refractivity contribution >= 4 is 0 Å². The lowest BCUT2D eigenvalue weighted by Crippen LogP contribution is -2.35. The molecule has 1 saturated heterocycles. The number of nitrogens with zero attached hydrogens (tertiary/aromatic N) is 1. The van der Waals surface area contributed by atoms with Gasteiger partial charge in [0.2, 0.25) is 0 Å². The van der Waals surface area contributed by atoms with Crippen molar-refractivity contribution in [2.24, 2.45) is 0 Å². The summed E-state index contributed by atoms with van der Waals surface area (Å²) in [6.07, 6.45) is 3.89. The van der Waals surface area contributed by atoms with Gasteiger partial charge in [0.25, 0.3) is 0 Å². The lowest BCUT2D eigenvalue weighted by Gasteiger charge is -2.30. The Balaban J connectivity index is 2.42. The molecule has 0 radical (unpaired) electrons. The Labute approximate surface area is 88.9 Å². The van der Waals surface area contributed by atoms with E-state index in [2.05, 4.69) is 4.98 Å². The standard InChI is InChI=1S/C11H15NO3/c1-8-11(14-2,3-4-15-8)9-5-10(13)7-12-6-9/h5-8,13H,3-4H2,1-2H3. The zero-order chi connectivity index (χ0) is 10.9. The van der Waals surface area contributed by atoms with E-state index in [9.17, 15) is 5.11 Å². The summed E-state index contributed by atoms with van der Waals surface area (Å²) in [6.45, 7) is 2.64. The minimum absolute atomic E-state index is 0.0221. The summed E-state index contributed by atoms with van der Waals surface area (Å²) in [5, 5.41) is 9.41. The molecule has 1 N–H and O–H groups in total. The van der Waals surface area contributed by atoms with Gasteiger partial charge in [-0.25, -0.2) is 0 Å². The summed E-state index contributed by atoms with van der Waals surface area (Å²) in [4.78, 5) is 3.97. The van der Waals surface area contributed by atoms with E-state index in [1.54, 1.807) is 19.4 Å². The molecule has 2 rings (SSSR count). The minimum atomic E-state index is -0.467. The number of methoxy groups -OCH3 is 1. The van der Waals surface area contributed by atoms with Crippen LogP contribution in [-0.4, -0.2) is 29.9 Å². The van der Waals surface area contributed by atoms with Gasteiger partial charge < -0.3 is 14.6 Å². The maximum absolute atomic E-state index is 9.41. The number of pyridine rings is 1. The minimum Gasteiger partial charge on any atom is -0.506 e. The highest BCUT2D eigenvalue weighted by molar-refractivity contribution is 5.29. The van der Waals surface area contributed by atoms with E-state index in [0.717, 1.165) is 12.0 Å². The fraction of sp³-hybridized carbons (Fsp3) is 0.545. The van der Waals surface area contributed by atoms with E-state index in [4.69, 9.17) is 9.47 Å². The molecule has 2 unspecified atom stereocenters. The number of hydrogen-bond donors (Lipinski definition) is 1. The summed E-state index contributed by atoms with van der Waals surface area (Å²) in [6, 6.07) is 1.68. The second kappa shape index (κ2) is 3.79. The van der Waals surface area contributed by atoms with Gasteiger partial charge in [-0.05, 0) is 13.0 Å². The summed E-state index contributed by atoms with van der Waals surface area (Å²) in [5.41, 5.74) is 0.404. The second-order valence-corrected chi connectivity index (χ2v) is 3.79. The van der Waals surface area contributed by atoms with Crippen molar-refractivity contribution in [3.8, 4) is 5.75 Å². The molecular formula is C11H15NO3. The van der Waals surface area contributed by atoms with Crippen LogP contribution in [0.15, 0.2) is 18.5 Å². The van der Waals surface area contributed by atoms with Crippen LogP contribution in [0.25, 0.3) is 0 Å². The zero-order valence-corrected chi connectivity index (χ0v) is 8.93. The second-order valence-electron chi connectivity index (χ2n) is 3.79. The lowest BCUT2D eigenvalue weighted by atomic mass is 9.88. The summed E-state index contributed by atoms with van der Waals surface area (Å²) in [5.74, 6) is 0.156. The summed E-state index contributed by atoms with van der Waals surface area (Å²) in [7, 11) is 1.66. The smallest absolute Gasteiger partial charge is 0.134 e. The molecule has 0 aliphatic carbocycles. The molecule has 82 valence electrons. The van der Waals surface area contributed by atoms with Crippen molar-refractivity contribution in [1.29, 1.82) is 0 Å². The van der Waals surface area contributed by atoms with Crippen LogP contribution in [0.2, 0.25) is 0 Å². The topological polar surface area (TPSA) is 51.6 Å². The molecular weight excluding hydrogens is 194 g/mol. The van der Waals surface area contributed by atoms with Gasteiger partial charge in [0, 0.05) is 25.3 Å². The molecule has 1 aliphatic rings. The van der Waals surface area contributed by atoms with Crippen LogP contribution in [0.4, 0.5) is 0 Å². The van der Waals surface area contributed by atoms with Crippen molar-refractivity contribution in [2.75, 3.05) is 13.7 Å². The van der Waals surface area contributed by atoms with Crippen molar-refractivity contribution in [2.45, 2.75) is 25.0 Å². The van der Waals surface area contributed by atoms with E-state index < -0.39 is 5.60 Å². The zero-order valence-electron chi connectivity index (χ0n) is 8.93. The Bertz CT molecular complexity index is 355. The number of ether oxygens (including phenoxy) is 2. The van der Waals surface area contributed by atoms with E-state index >= 15 is 0 Å². The molecule has 0 spiro atoms. The highest BCUT2D eigenvalue weighted by atomic mass is 16.6. The molecule has 2 atom stereocenters. The molecule has 4 nitrogen and oxygen atoms in total. The molecule has 0 saturated carbocycles. The Morgan fingerprint density at radius 2 is 2.40 bits per heavy atom. The fourth-order valence-corrected chi connectivity index (χ4v) is 2.15. The molecule has 0 aromatic carbocycles. The number of aromatic hydroxyl groups is 1. The SMILES string of the molecule is COC1(c2cncc(O)c2)CCOC1C.